The van der Waals surface area contributed by atoms with Crippen molar-refractivity contribution in [3.63, 3.8) is 0 Å². The van der Waals surface area contributed by atoms with E-state index >= 15 is 0 Å². The van der Waals surface area contributed by atoms with Gasteiger partial charge in [0.05, 0.1) is 5.69 Å². The summed E-state index contributed by atoms with van der Waals surface area (Å²) in [7, 11) is 0. The van der Waals surface area contributed by atoms with E-state index in [-0.39, 0.29) is 33.9 Å². The summed E-state index contributed by atoms with van der Waals surface area (Å²) < 4.78 is 2.67. The van der Waals surface area contributed by atoms with Crippen molar-refractivity contribution in [2.45, 2.75) is 143 Å². The molecule has 2 nitrogen and oxygen atoms in total. The topological polar surface area (TPSA) is 6.48 Å². The minimum Gasteiger partial charge on any atom is -0.376 e. The number of nitrogens with zero attached hydrogens (tertiary/aromatic N) is 2. The van der Waals surface area contributed by atoms with Crippen molar-refractivity contribution in [1.82, 2.24) is 0 Å². The first kappa shape index (κ1) is 43.7. The van der Waals surface area contributed by atoms with Gasteiger partial charge in [0.15, 0.2) is 0 Å². The third kappa shape index (κ3) is 6.34. The van der Waals surface area contributed by atoms with Gasteiger partial charge in [-0.1, -0.05) is 143 Å². The molecule has 0 atom stereocenters. The van der Waals surface area contributed by atoms with E-state index in [1.54, 1.807) is 0 Å². The monoisotopic (exact) mass is 907 g/mol. The van der Waals surface area contributed by atoms with Gasteiger partial charge < -0.3 is 9.71 Å². The molecule has 0 bridgehead atoms. The fourth-order valence-corrected chi connectivity index (χ4v) is 14.1. The number of benzene rings is 7. The zero-order valence-corrected chi connectivity index (χ0v) is 43.6. The highest BCUT2D eigenvalue weighted by atomic mass is 32.1. The summed E-state index contributed by atoms with van der Waals surface area (Å²) in [5.74, 6) is 0. The minimum atomic E-state index is -0.0840. The van der Waals surface area contributed by atoms with Crippen LogP contribution in [-0.2, 0) is 27.1 Å². The summed E-state index contributed by atoms with van der Waals surface area (Å²) in [4.78, 5) is 5.53. The maximum atomic E-state index is 2.76. The lowest BCUT2D eigenvalue weighted by Crippen LogP contribution is -2.61. The molecule has 0 N–H and O–H groups in total. The number of rotatable bonds is 3. The molecule has 68 heavy (non-hydrogen) atoms. The predicted molar refractivity (Wildman–Crippen MR) is 297 cm³/mol. The highest BCUT2D eigenvalue weighted by Crippen LogP contribution is 2.57. The van der Waals surface area contributed by atoms with Gasteiger partial charge in [0.2, 0.25) is 0 Å². The summed E-state index contributed by atoms with van der Waals surface area (Å²) in [6.45, 7) is 31.4. The lowest BCUT2D eigenvalue weighted by Gasteiger charge is -2.49. The molecule has 1 aromatic heterocycles. The second-order valence-corrected chi connectivity index (χ2v) is 25.9. The van der Waals surface area contributed by atoms with Crippen LogP contribution >= 0.6 is 11.3 Å². The molecule has 4 heteroatoms. The summed E-state index contributed by atoms with van der Waals surface area (Å²) in [6, 6.07) is 48.4. The Labute approximate surface area is 410 Å². The maximum absolute atomic E-state index is 2.76. The van der Waals surface area contributed by atoms with E-state index in [1.165, 1.54) is 146 Å². The molecule has 8 aromatic rings. The van der Waals surface area contributed by atoms with Crippen molar-refractivity contribution in [3.05, 3.63) is 160 Å². The molecule has 7 aromatic carbocycles. The molecule has 2 aliphatic carbocycles. The molecule has 2 aliphatic heterocycles. The van der Waals surface area contributed by atoms with Crippen LogP contribution in [0.1, 0.15) is 141 Å². The third-order valence-electron chi connectivity index (χ3n) is 17.4. The van der Waals surface area contributed by atoms with Crippen LogP contribution in [0.5, 0.6) is 0 Å². The number of hydrogen-bond donors (Lipinski definition) is 0. The van der Waals surface area contributed by atoms with Gasteiger partial charge in [-0.15, -0.1) is 11.3 Å². The van der Waals surface area contributed by atoms with Gasteiger partial charge in [0.1, 0.15) is 0 Å². The van der Waals surface area contributed by atoms with Crippen molar-refractivity contribution < 1.29 is 0 Å². The Morgan fingerprint density at radius 3 is 1.75 bits per heavy atom. The second-order valence-electron chi connectivity index (χ2n) is 24.8. The molecule has 4 aliphatic rings. The molecule has 0 spiro atoms. The van der Waals surface area contributed by atoms with Crippen molar-refractivity contribution in [1.29, 1.82) is 0 Å². The van der Waals surface area contributed by atoms with Crippen LogP contribution in [0, 0.1) is 13.8 Å². The Balaban J connectivity index is 1.27. The Kier molecular flexibility index (Phi) is 9.31. The Morgan fingerprint density at radius 2 is 1.10 bits per heavy atom. The minimum absolute atomic E-state index is 0.0405. The van der Waals surface area contributed by atoms with E-state index in [9.17, 15) is 0 Å². The van der Waals surface area contributed by atoms with Crippen LogP contribution in [-0.4, -0.2) is 6.85 Å². The van der Waals surface area contributed by atoms with Crippen molar-refractivity contribution in [2.24, 2.45) is 0 Å². The molecule has 0 saturated carbocycles. The fourth-order valence-electron chi connectivity index (χ4n) is 13.0. The first-order valence-corrected chi connectivity index (χ1v) is 26.2. The molecule has 342 valence electrons. The van der Waals surface area contributed by atoms with Gasteiger partial charge >= 0.3 is 6.85 Å². The molecular formula is C64H67BN2S. The van der Waals surface area contributed by atoms with Crippen LogP contribution in [0.15, 0.2) is 121 Å². The first-order valence-electron chi connectivity index (χ1n) is 25.4. The van der Waals surface area contributed by atoms with E-state index in [0.717, 1.165) is 0 Å². The van der Waals surface area contributed by atoms with Gasteiger partial charge in [-0.05, 0) is 188 Å². The largest absolute Gasteiger partial charge is 0.376 e. The molecule has 0 unspecified atom stereocenters. The highest BCUT2D eigenvalue weighted by Gasteiger charge is 2.49. The van der Waals surface area contributed by atoms with Gasteiger partial charge in [-0.25, -0.2) is 0 Å². The number of anilines is 5. The maximum Gasteiger partial charge on any atom is 0.333 e. The SMILES string of the molecule is Cc1ccccc1-c1cc2c3c(c1)N(c1cc4c(cc1C)C(C)(C)CCC4(C)C)c1c(ccc4sc5ccccc5c14)B3N(c1ccc(C(C)(C)C)cc1)c1cc3c(cc1-2)C(C)(C)CCC3(C)C. The van der Waals surface area contributed by atoms with Crippen molar-refractivity contribution in [2.75, 3.05) is 9.71 Å². The van der Waals surface area contributed by atoms with E-state index in [2.05, 4.69) is 221 Å². The standard InChI is InChI=1S/C64H67BN2S/c1-38-18-14-15-19-43(38)40-33-46-45-35-48-50(64(12,13)31-29-62(48,8)9)37-53(45)67(42-24-22-41(23-25-42)60(3,4)5)65-51-26-27-56-57(44-20-16-17-21-55(44)68-56)59(51)66(54(34-40)58(46)65)52-36-49-47(32-39(52)2)61(6,7)28-30-63(49,10)11/h14-27,32-37H,28-31H2,1-13H3. The summed E-state index contributed by atoms with van der Waals surface area (Å²) >= 11 is 1.93. The zero-order chi connectivity index (χ0) is 47.6. The van der Waals surface area contributed by atoms with Crippen LogP contribution in [0.3, 0.4) is 0 Å². The Morgan fingerprint density at radius 1 is 0.515 bits per heavy atom. The number of hydrogen-bond acceptors (Lipinski definition) is 3. The molecular weight excluding hydrogens is 840 g/mol. The zero-order valence-electron chi connectivity index (χ0n) is 42.8. The molecule has 0 fully saturated rings. The smallest absolute Gasteiger partial charge is 0.333 e. The Hall–Kier alpha value is -5.58. The average Bonchev–Trinajstić information content (AvgIpc) is 3.68. The number of aryl methyl sites for hydroxylation is 2. The van der Waals surface area contributed by atoms with Crippen LogP contribution in [0.25, 0.3) is 42.4 Å². The van der Waals surface area contributed by atoms with Gasteiger partial charge in [-0.3, -0.25) is 0 Å². The molecule has 0 radical (unpaired) electrons. The predicted octanol–water partition coefficient (Wildman–Crippen LogP) is 17.0. The average molecular weight is 907 g/mol. The first-order chi connectivity index (χ1) is 32.1. The van der Waals surface area contributed by atoms with Crippen LogP contribution in [0.2, 0.25) is 0 Å². The van der Waals surface area contributed by atoms with E-state index in [1.807, 2.05) is 11.3 Å². The Bertz CT molecular complexity index is 3430. The summed E-state index contributed by atoms with van der Waals surface area (Å²) in [6.07, 6.45) is 4.70. The molecule has 3 heterocycles. The molecule has 0 amide bonds. The lowest BCUT2D eigenvalue weighted by molar-refractivity contribution is 0.332. The van der Waals surface area contributed by atoms with E-state index in [4.69, 9.17) is 0 Å². The van der Waals surface area contributed by atoms with Crippen LogP contribution in [0.4, 0.5) is 28.4 Å². The third-order valence-corrected chi connectivity index (χ3v) is 18.5. The van der Waals surface area contributed by atoms with Gasteiger partial charge in [0, 0.05) is 48.5 Å². The van der Waals surface area contributed by atoms with Crippen molar-refractivity contribution in [3.8, 4) is 22.3 Å². The quantitative estimate of drug-likeness (QED) is 0.163. The highest BCUT2D eigenvalue weighted by molar-refractivity contribution is 7.26. The normalized spacial score (nSPS) is 18.2. The summed E-state index contributed by atoms with van der Waals surface area (Å²) in [5.41, 5.74) is 24.7. The number of fused-ring (bicyclic) bond motifs is 10. The molecule has 12 rings (SSSR count). The lowest BCUT2D eigenvalue weighted by atomic mass is 9.43. The van der Waals surface area contributed by atoms with E-state index in [0.29, 0.717) is 0 Å². The van der Waals surface area contributed by atoms with Crippen LogP contribution < -0.4 is 20.6 Å². The summed E-state index contributed by atoms with van der Waals surface area (Å²) in [5, 5.41) is 2.69. The number of thiophene rings is 1. The molecule has 0 saturated heterocycles. The fraction of sp³-hybridized carbons (Fsp3) is 0.344. The van der Waals surface area contributed by atoms with Crippen molar-refractivity contribution >= 4 is 77.7 Å². The van der Waals surface area contributed by atoms with Gasteiger partial charge in [-0.2, -0.15) is 0 Å². The second kappa shape index (κ2) is 14.5. The van der Waals surface area contributed by atoms with E-state index < -0.39 is 0 Å². The van der Waals surface area contributed by atoms with Gasteiger partial charge in [0.25, 0.3) is 0 Å².